The van der Waals surface area contributed by atoms with Crippen molar-refractivity contribution in [3.63, 3.8) is 0 Å². The predicted molar refractivity (Wildman–Crippen MR) is 50.1 cm³/mol. The van der Waals surface area contributed by atoms with Gasteiger partial charge < -0.3 is 4.90 Å². The molecule has 0 fully saturated rings. The Morgan fingerprint density at radius 2 is 2.09 bits per heavy atom. The zero-order valence-corrected chi connectivity index (χ0v) is 8.23. The van der Waals surface area contributed by atoms with Gasteiger partial charge in [0.25, 0.3) is 0 Å². The summed E-state index contributed by atoms with van der Waals surface area (Å²) >= 11 is 3.11. The fourth-order valence-electron chi connectivity index (χ4n) is 0.475. The molecule has 0 atom stereocenters. The largest absolute Gasteiger partial charge is 0.381 e. The molecule has 3 heteroatoms. The first-order chi connectivity index (χ1) is 5.06. The van der Waals surface area contributed by atoms with Gasteiger partial charge in [0.05, 0.1) is 0 Å². The van der Waals surface area contributed by atoms with Crippen LogP contribution in [0.3, 0.4) is 0 Å². The Labute approximate surface area is 75.0 Å². The molecular weight excluding hydrogens is 209 g/mol. The topological polar surface area (TPSA) is 3.24 Å². The van der Waals surface area contributed by atoms with Crippen LogP contribution in [0.5, 0.6) is 0 Å². The second kappa shape index (κ2) is 5.13. The molecule has 0 aliphatic rings. The highest BCUT2D eigenvalue weighted by Gasteiger charge is 1.90. The van der Waals surface area contributed by atoms with Gasteiger partial charge in [0.2, 0.25) is 0 Å². The Hall–Kier alpha value is -0.570. The third kappa shape index (κ3) is 5.85. The summed E-state index contributed by atoms with van der Waals surface area (Å²) in [5.41, 5.74) is 0. The maximum Gasteiger partial charge on any atom is 0.140 e. The molecule has 0 aromatic rings. The Bertz CT molecular complexity index is 194. The van der Waals surface area contributed by atoms with E-state index in [-0.39, 0.29) is 5.83 Å². The van der Waals surface area contributed by atoms with Crippen LogP contribution in [-0.4, -0.2) is 19.0 Å². The Morgan fingerprint density at radius 3 is 2.45 bits per heavy atom. The average molecular weight is 220 g/mol. The molecule has 0 unspecified atom stereocenters. The molecular formula is C8H11BrFN. The molecule has 0 spiro atoms. The summed E-state index contributed by atoms with van der Waals surface area (Å²) in [7, 11) is 3.52. The molecule has 62 valence electrons. The Kier molecular flexibility index (Phi) is 4.86. The number of halogens is 2. The lowest BCUT2D eigenvalue weighted by molar-refractivity contribution is 0.529. The molecule has 0 aliphatic heterocycles. The van der Waals surface area contributed by atoms with E-state index in [9.17, 15) is 4.39 Å². The summed E-state index contributed by atoms with van der Waals surface area (Å²) in [6.45, 7) is 3.47. The third-order valence-corrected chi connectivity index (χ3v) is 1.40. The van der Waals surface area contributed by atoms with Gasteiger partial charge in [-0.05, 0) is 6.08 Å². The second-order valence-electron chi connectivity index (χ2n) is 2.21. The van der Waals surface area contributed by atoms with Gasteiger partial charge in [-0.2, -0.15) is 0 Å². The Balaban J connectivity index is 4.26. The van der Waals surface area contributed by atoms with Crippen LogP contribution in [0.2, 0.25) is 0 Å². The molecule has 0 heterocycles. The van der Waals surface area contributed by atoms with Crippen molar-refractivity contribution >= 4 is 15.9 Å². The minimum absolute atomic E-state index is 0.304. The standard InChI is InChI=1S/C8H11BrFN/c1-4-7(9)5-8(10)6-11(2)3/h4-6H,1H2,2-3H3/b7-5+,8-6-. The van der Waals surface area contributed by atoms with Crippen LogP contribution < -0.4 is 0 Å². The zero-order valence-electron chi connectivity index (χ0n) is 6.64. The summed E-state index contributed by atoms with van der Waals surface area (Å²) in [5.74, 6) is -0.304. The molecule has 0 radical (unpaired) electrons. The quantitative estimate of drug-likeness (QED) is 0.661. The summed E-state index contributed by atoms with van der Waals surface area (Å²) in [4.78, 5) is 1.63. The van der Waals surface area contributed by atoms with Gasteiger partial charge in [-0.25, -0.2) is 4.39 Å². The van der Waals surface area contributed by atoms with E-state index in [4.69, 9.17) is 0 Å². The van der Waals surface area contributed by atoms with Crippen LogP contribution in [0.25, 0.3) is 0 Å². The smallest absolute Gasteiger partial charge is 0.140 e. The lowest BCUT2D eigenvalue weighted by atomic mass is 10.4. The Morgan fingerprint density at radius 1 is 1.55 bits per heavy atom. The molecule has 0 saturated carbocycles. The van der Waals surface area contributed by atoms with Crippen molar-refractivity contribution in [2.45, 2.75) is 0 Å². The van der Waals surface area contributed by atoms with Gasteiger partial charge in [-0.3, -0.25) is 0 Å². The van der Waals surface area contributed by atoms with Crippen LogP contribution in [0.4, 0.5) is 4.39 Å². The van der Waals surface area contributed by atoms with E-state index < -0.39 is 0 Å². The second-order valence-corrected chi connectivity index (χ2v) is 3.13. The summed E-state index contributed by atoms with van der Waals surface area (Å²) < 4.78 is 13.4. The SMILES string of the molecule is C=C/C(Br)=C\C(F)=C\N(C)C. The summed E-state index contributed by atoms with van der Waals surface area (Å²) in [6, 6.07) is 0. The summed E-state index contributed by atoms with van der Waals surface area (Å²) in [6.07, 6.45) is 4.26. The lowest BCUT2D eigenvalue weighted by Gasteiger charge is -2.02. The van der Waals surface area contributed by atoms with Crippen LogP contribution >= 0.6 is 15.9 Å². The average Bonchev–Trinajstić information content (AvgIpc) is 1.85. The number of hydrogen-bond donors (Lipinski definition) is 0. The van der Waals surface area contributed by atoms with E-state index in [2.05, 4.69) is 22.5 Å². The third-order valence-electron chi connectivity index (χ3n) is 0.852. The van der Waals surface area contributed by atoms with E-state index >= 15 is 0 Å². The molecule has 11 heavy (non-hydrogen) atoms. The van der Waals surface area contributed by atoms with Gasteiger partial charge >= 0.3 is 0 Å². The van der Waals surface area contributed by atoms with Crippen molar-refractivity contribution in [1.82, 2.24) is 4.90 Å². The van der Waals surface area contributed by atoms with E-state index in [1.807, 2.05) is 0 Å². The first kappa shape index (κ1) is 10.4. The van der Waals surface area contributed by atoms with Crippen LogP contribution in [-0.2, 0) is 0 Å². The van der Waals surface area contributed by atoms with Gasteiger partial charge in [0.1, 0.15) is 5.83 Å². The van der Waals surface area contributed by atoms with E-state index in [1.54, 1.807) is 19.0 Å². The molecule has 0 aliphatic carbocycles. The maximum absolute atomic E-state index is 12.8. The number of hydrogen-bond acceptors (Lipinski definition) is 1. The summed E-state index contributed by atoms with van der Waals surface area (Å²) in [5, 5.41) is 0. The normalized spacial score (nSPS) is 13.1. The van der Waals surface area contributed by atoms with Crippen LogP contribution in [0, 0.1) is 0 Å². The fraction of sp³-hybridized carbons (Fsp3) is 0.250. The highest BCUT2D eigenvalue weighted by Crippen LogP contribution is 2.10. The minimum Gasteiger partial charge on any atom is -0.381 e. The number of allylic oxidation sites excluding steroid dienone is 4. The molecule has 0 aromatic heterocycles. The molecule has 1 nitrogen and oxygen atoms in total. The molecule has 0 amide bonds. The van der Waals surface area contributed by atoms with Gasteiger partial charge in [0, 0.05) is 24.8 Å². The number of rotatable bonds is 3. The van der Waals surface area contributed by atoms with Crippen molar-refractivity contribution in [2.75, 3.05) is 14.1 Å². The van der Waals surface area contributed by atoms with Crippen molar-refractivity contribution in [3.05, 3.63) is 35.2 Å². The maximum atomic E-state index is 12.8. The first-order valence-corrected chi connectivity index (χ1v) is 3.89. The molecule has 0 N–H and O–H groups in total. The number of nitrogens with zero attached hydrogens (tertiary/aromatic N) is 1. The zero-order chi connectivity index (χ0) is 8.85. The van der Waals surface area contributed by atoms with Crippen molar-refractivity contribution in [1.29, 1.82) is 0 Å². The predicted octanol–water partition coefficient (Wildman–Crippen LogP) is 2.82. The monoisotopic (exact) mass is 219 g/mol. The highest BCUT2D eigenvalue weighted by atomic mass is 79.9. The fourth-order valence-corrected chi connectivity index (χ4v) is 0.693. The van der Waals surface area contributed by atoms with Crippen molar-refractivity contribution < 1.29 is 4.39 Å². The minimum atomic E-state index is -0.304. The van der Waals surface area contributed by atoms with Crippen LogP contribution in [0.15, 0.2) is 35.2 Å². The van der Waals surface area contributed by atoms with Gasteiger partial charge in [-0.1, -0.05) is 28.6 Å². The van der Waals surface area contributed by atoms with Crippen molar-refractivity contribution in [3.8, 4) is 0 Å². The van der Waals surface area contributed by atoms with Crippen LogP contribution in [0.1, 0.15) is 0 Å². The molecule has 0 saturated heterocycles. The lowest BCUT2D eigenvalue weighted by Crippen LogP contribution is -2.00. The molecule has 0 aromatic carbocycles. The molecule has 0 rings (SSSR count). The van der Waals surface area contributed by atoms with Crippen molar-refractivity contribution in [2.24, 2.45) is 0 Å². The van der Waals surface area contributed by atoms with Gasteiger partial charge in [0.15, 0.2) is 0 Å². The first-order valence-electron chi connectivity index (χ1n) is 3.09. The van der Waals surface area contributed by atoms with E-state index in [0.717, 1.165) is 0 Å². The van der Waals surface area contributed by atoms with E-state index in [0.29, 0.717) is 4.48 Å². The highest BCUT2D eigenvalue weighted by molar-refractivity contribution is 9.11. The van der Waals surface area contributed by atoms with Gasteiger partial charge in [-0.15, -0.1) is 0 Å². The van der Waals surface area contributed by atoms with E-state index in [1.165, 1.54) is 18.4 Å². The molecule has 0 bridgehead atoms.